The highest BCUT2D eigenvalue weighted by atomic mass is 16.1. The van der Waals surface area contributed by atoms with E-state index in [2.05, 4.69) is 4.98 Å². The summed E-state index contributed by atoms with van der Waals surface area (Å²) in [6.07, 6.45) is 2.67. The normalized spacial score (nSPS) is 10.8. The molecule has 0 bridgehead atoms. The van der Waals surface area contributed by atoms with E-state index in [1.807, 2.05) is 47.9 Å². The van der Waals surface area contributed by atoms with E-state index in [-0.39, 0.29) is 0 Å². The number of hydrogen-bond donors (Lipinski definition) is 2. The Morgan fingerprint density at radius 2 is 2.11 bits per heavy atom. The molecular weight excluding hydrogens is 238 g/mol. The van der Waals surface area contributed by atoms with E-state index < -0.39 is 0 Å². The molecule has 4 nitrogen and oxygen atoms in total. The van der Waals surface area contributed by atoms with Crippen LogP contribution in [0.2, 0.25) is 0 Å². The number of carbonyl (C=O) groups excluding carboxylic acids is 1. The van der Waals surface area contributed by atoms with E-state index in [1.54, 1.807) is 6.07 Å². The number of pyridine rings is 1. The van der Waals surface area contributed by atoms with Crippen molar-refractivity contribution in [3.05, 3.63) is 53.9 Å². The number of anilines is 1. The van der Waals surface area contributed by atoms with Crippen LogP contribution < -0.4 is 10.1 Å². The molecule has 0 aliphatic heterocycles. The van der Waals surface area contributed by atoms with Crippen molar-refractivity contribution in [1.29, 1.82) is 0 Å². The molecule has 3 rings (SSSR count). The molecule has 1 aromatic carbocycles. The molecule has 0 atom stereocenters. The number of nitrogen functional groups attached to an aromatic ring is 1. The van der Waals surface area contributed by atoms with E-state index in [9.17, 15) is 4.79 Å². The predicted octanol–water partition coefficient (Wildman–Crippen LogP) is 2.12. The molecule has 19 heavy (non-hydrogen) atoms. The minimum absolute atomic E-state index is 0.640. The molecule has 0 aliphatic carbocycles. The van der Waals surface area contributed by atoms with Gasteiger partial charge in [-0.3, -0.25) is 4.79 Å². The van der Waals surface area contributed by atoms with Crippen LogP contribution >= 0.6 is 0 Å². The smallest absolute Gasteiger partial charge is 0.284 e. The van der Waals surface area contributed by atoms with Crippen molar-refractivity contribution in [2.75, 3.05) is 5.73 Å². The topological polar surface area (TPSA) is 63.0 Å². The van der Waals surface area contributed by atoms with Gasteiger partial charge < -0.3 is 5.73 Å². The first kappa shape index (κ1) is 11.5. The Kier molecular flexibility index (Phi) is 2.56. The van der Waals surface area contributed by atoms with E-state index >= 15 is 0 Å². The van der Waals surface area contributed by atoms with Gasteiger partial charge in [0.15, 0.2) is 12.0 Å². The molecule has 0 spiro atoms. The summed E-state index contributed by atoms with van der Waals surface area (Å²) in [4.78, 5) is 14.2. The van der Waals surface area contributed by atoms with Crippen LogP contribution in [0.15, 0.2) is 42.6 Å². The summed E-state index contributed by atoms with van der Waals surface area (Å²) in [5.41, 5.74) is 11.2. The van der Waals surface area contributed by atoms with Gasteiger partial charge in [-0.05, 0) is 18.2 Å². The highest BCUT2D eigenvalue weighted by Crippen LogP contribution is 2.22. The minimum atomic E-state index is 0.640. The number of aryl methyl sites for hydroxylation is 1. The van der Waals surface area contributed by atoms with Crippen LogP contribution in [0.5, 0.6) is 0 Å². The lowest BCUT2D eigenvalue weighted by Gasteiger charge is -1.99. The first-order valence-electron chi connectivity index (χ1n) is 6.04. The second-order valence-corrected chi connectivity index (χ2v) is 4.56. The molecule has 0 saturated carbocycles. The number of hydrogen-bond acceptors (Lipinski definition) is 2. The number of nitrogens with one attached hydrogen (secondary N) is 1. The fraction of sp³-hybridized carbons (Fsp3) is 0.0667. The molecule has 2 aromatic heterocycles. The lowest BCUT2D eigenvalue weighted by Crippen LogP contribution is -2.22. The number of nitrogens with zero attached hydrogens (tertiary/aromatic N) is 1. The lowest BCUT2D eigenvalue weighted by atomic mass is 10.1. The average molecular weight is 252 g/mol. The van der Waals surface area contributed by atoms with E-state index in [0.717, 1.165) is 34.6 Å². The molecule has 4 heteroatoms. The molecule has 0 radical (unpaired) electrons. The van der Waals surface area contributed by atoms with Crippen LogP contribution in [0, 0.1) is 6.92 Å². The number of aromatic nitrogens is 2. The molecule has 0 unspecified atom stereocenters. The summed E-state index contributed by atoms with van der Waals surface area (Å²) < 4.78 is 1.98. The van der Waals surface area contributed by atoms with E-state index in [1.165, 1.54) is 0 Å². The quantitative estimate of drug-likeness (QED) is 0.417. The van der Waals surface area contributed by atoms with Gasteiger partial charge in [-0.15, -0.1) is 0 Å². The van der Waals surface area contributed by atoms with Crippen molar-refractivity contribution in [2.45, 2.75) is 6.92 Å². The maximum Gasteiger partial charge on any atom is 0.284 e. The van der Waals surface area contributed by atoms with Crippen LogP contribution in [0.3, 0.4) is 0 Å². The summed E-state index contributed by atoms with van der Waals surface area (Å²) in [7, 11) is 0. The van der Waals surface area contributed by atoms with Crippen LogP contribution in [-0.4, -0.2) is 11.3 Å². The first-order valence-corrected chi connectivity index (χ1v) is 6.04. The number of benzene rings is 1. The van der Waals surface area contributed by atoms with Gasteiger partial charge in [0.05, 0.1) is 5.56 Å². The maximum absolute atomic E-state index is 10.9. The Balaban J connectivity index is 2.33. The Morgan fingerprint density at radius 1 is 1.26 bits per heavy atom. The maximum atomic E-state index is 10.9. The highest BCUT2D eigenvalue weighted by Gasteiger charge is 2.18. The second kappa shape index (κ2) is 4.24. The van der Waals surface area contributed by atoms with Gasteiger partial charge in [0, 0.05) is 24.2 Å². The summed E-state index contributed by atoms with van der Waals surface area (Å²) >= 11 is 0. The largest absolute Gasteiger partial charge is 0.399 e. The fourth-order valence-electron chi connectivity index (χ4n) is 2.35. The van der Waals surface area contributed by atoms with E-state index in [0.29, 0.717) is 5.56 Å². The lowest BCUT2D eigenvalue weighted by molar-refractivity contribution is -0.498. The Labute approximate surface area is 110 Å². The Hall–Kier alpha value is -2.62. The number of H-pyrrole nitrogens is 1. The van der Waals surface area contributed by atoms with Crippen molar-refractivity contribution in [3.63, 3.8) is 0 Å². The zero-order valence-corrected chi connectivity index (χ0v) is 10.6. The summed E-state index contributed by atoms with van der Waals surface area (Å²) in [6.45, 7) is 2.01. The van der Waals surface area contributed by atoms with Crippen molar-refractivity contribution in [3.8, 4) is 11.3 Å². The summed E-state index contributed by atoms with van der Waals surface area (Å²) in [5.74, 6) is 0. The molecular formula is C15H14N3O+. The summed E-state index contributed by atoms with van der Waals surface area (Å²) in [5, 5.41) is 0. The van der Waals surface area contributed by atoms with Gasteiger partial charge in [-0.25, -0.2) is 4.98 Å². The minimum Gasteiger partial charge on any atom is -0.399 e. The van der Waals surface area contributed by atoms with Gasteiger partial charge in [-0.1, -0.05) is 12.1 Å². The Bertz CT molecular complexity index is 774. The van der Waals surface area contributed by atoms with E-state index in [4.69, 9.17) is 5.73 Å². The Morgan fingerprint density at radius 3 is 2.84 bits per heavy atom. The zero-order valence-electron chi connectivity index (χ0n) is 10.6. The van der Waals surface area contributed by atoms with Crippen LogP contribution in [-0.2, 0) is 0 Å². The standard InChI is InChI=1S/C15H13N3O/c1-10-15(12-3-2-4-13(16)7-12)18-8-11(9-19)5-6-14(18)17-10/h2-9H,16H2,1H3/p+1. The highest BCUT2D eigenvalue weighted by molar-refractivity contribution is 5.74. The van der Waals surface area contributed by atoms with Crippen LogP contribution in [0.4, 0.5) is 5.69 Å². The number of carbonyl (C=O) groups is 1. The van der Waals surface area contributed by atoms with Gasteiger partial charge in [0.2, 0.25) is 0 Å². The van der Waals surface area contributed by atoms with Crippen molar-refractivity contribution < 1.29 is 9.20 Å². The molecule has 0 aliphatic rings. The van der Waals surface area contributed by atoms with Gasteiger partial charge >= 0.3 is 0 Å². The molecule has 2 heterocycles. The molecule has 0 saturated heterocycles. The number of imidazole rings is 1. The number of fused-ring (bicyclic) bond motifs is 1. The van der Waals surface area contributed by atoms with Crippen molar-refractivity contribution in [1.82, 2.24) is 4.98 Å². The number of nitrogens with two attached hydrogens (primary N) is 1. The molecule has 3 N–H and O–H groups in total. The van der Waals surface area contributed by atoms with Crippen LogP contribution in [0.1, 0.15) is 16.1 Å². The summed E-state index contributed by atoms with van der Waals surface area (Å²) in [6, 6.07) is 11.4. The predicted molar refractivity (Wildman–Crippen MR) is 73.9 cm³/mol. The zero-order chi connectivity index (χ0) is 13.4. The van der Waals surface area contributed by atoms with Crippen LogP contribution in [0.25, 0.3) is 16.9 Å². The second-order valence-electron chi connectivity index (χ2n) is 4.56. The third-order valence-electron chi connectivity index (χ3n) is 3.18. The molecule has 3 aromatic rings. The monoisotopic (exact) mass is 252 g/mol. The molecule has 0 amide bonds. The third-order valence-corrected chi connectivity index (χ3v) is 3.18. The van der Waals surface area contributed by atoms with Crippen molar-refractivity contribution >= 4 is 17.6 Å². The first-order chi connectivity index (χ1) is 9.19. The fourth-order valence-corrected chi connectivity index (χ4v) is 2.35. The SMILES string of the molecule is Cc1[nH]c2ccc(C=O)c[n+]2c1-c1cccc(N)c1. The van der Waals surface area contributed by atoms with Gasteiger partial charge in [0.25, 0.3) is 5.65 Å². The number of aldehydes is 1. The molecule has 0 fully saturated rings. The van der Waals surface area contributed by atoms with Gasteiger partial charge in [0.1, 0.15) is 11.9 Å². The van der Waals surface area contributed by atoms with Gasteiger partial charge in [-0.2, -0.15) is 4.40 Å². The average Bonchev–Trinajstić information content (AvgIpc) is 2.73. The molecule has 94 valence electrons. The van der Waals surface area contributed by atoms with Crippen molar-refractivity contribution in [2.24, 2.45) is 0 Å². The number of rotatable bonds is 2. The third kappa shape index (κ3) is 1.87. The number of aromatic amines is 1.